The van der Waals surface area contributed by atoms with Gasteiger partial charge in [-0.2, -0.15) is 0 Å². The molecule has 0 saturated carbocycles. The van der Waals surface area contributed by atoms with E-state index in [4.69, 9.17) is 16.7 Å². The summed E-state index contributed by atoms with van der Waals surface area (Å²) in [5.41, 5.74) is 0.167. The fourth-order valence-corrected chi connectivity index (χ4v) is 3.60. The fourth-order valence-electron chi connectivity index (χ4n) is 2.49. The van der Waals surface area contributed by atoms with Crippen molar-refractivity contribution in [1.29, 1.82) is 0 Å². The molecule has 8 nitrogen and oxygen atoms in total. The lowest BCUT2D eigenvalue weighted by Gasteiger charge is -2.11. The van der Waals surface area contributed by atoms with E-state index in [-0.39, 0.29) is 30.1 Å². The van der Waals surface area contributed by atoms with Crippen LogP contribution in [0.4, 0.5) is 0 Å². The van der Waals surface area contributed by atoms with Gasteiger partial charge in [-0.15, -0.1) is 0 Å². The summed E-state index contributed by atoms with van der Waals surface area (Å²) in [6.45, 7) is -0.105. The number of benzene rings is 1. The molecule has 0 fully saturated rings. The molecule has 0 unspecified atom stereocenters. The maximum atomic E-state index is 12.4. The van der Waals surface area contributed by atoms with Gasteiger partial charge in [0.15, 0.2) is 16.3 Å². The maximum Gasteiger partial charge on any atom is 0.329 e. The molecule has 26 heavy (non-hydrogen) atoms. The van der Waals surface area contributed by atoms with Crippen LogP contribution >= 0.6 is 23.4 Å². The summed E-state index contributed by atoms with van der Waals surface area (Å²) in [6, 6.07) is 7.23. The Morgan fingerprint density at radius 1 is 1.35 bits per heavy atom. The lowest BCUT2D eigenvalue weighted by atomic mass is 10.2. The number of aliphatic hydroxyl groups excluding tert-OH is 2. The van der Waals surface area contributed by atoms with Crippen molar-refractivity contribution in [2.75, 3.05) is 12.4 Å². The highest BCUT2D eigenvalue weighted by atomic mass is 35.5. The smallest absolute Gasteiger partial charge is 0.329 e. The number of aromatic amines is 1. The number of aromatic nitrogens is 4. The van der Waals surface area contributed by atoms with E-state index in [9.17, 15) is 14.7 Å². The number of hydrogen-bond acceptors (Lipinski definition) is 6. The Bertz CT molecular complexity index is 1060. The molecule has 0 radical (unpaired) electrons. The highest BCUT2D eigenvalue weighted by molar-refractivity contribution is 7.99. The number of imidazole rings is 1. The third-order valence-corrected chi connectivity index (χ3v) is 5.36. The molecular formula is C16H17ClN4O4S. The third kappa shape index (κ3) is 3.56. The van der Waals surface area contributed by atoms with E-state index < -0.39 is 17.4 Å². The number of aryl methyl sites for hydroxylation is 1. The van der Waals surface area contributed by atoms with E-state index in [2.05, 4.69) is 9.97 Å². The molecule has 2 aromatic heterocycles. The first kappa shape index (κ1) is 18.7. The van der Waals surface area contributed by atoms with Gasteiger partial charge in [0.1, 0.15) is 0 Å². The second kappa shape index (κ2) is 7.67. The Hall–Kier alpha value is -2.07. The van der Waals surface area contributed by atoms with Gasteiger partial charge < -0.3 is 14.8 Å². The molecule has 1 atom stereocenters. The fraction of sp³-hybridized carbons (Fsp3) is 0.312. The average molecular weight is 397 g/mol. The second-order valence-corrected chi connectivity index (χ2v) is 7.10. The second-order valence-electron chi connectivity index (χ2n) is 5.71. The van der Waals surface area contributed by atoms with Gasteiger partial charge in [0.25, 0.3) is 5.56 Å². The largest absolute Gasteiger partial charge is 0.394 e. The van der Waals surface area contributed by atoms with E-state index in [1.165, 1.54) is 23.4 Å². The summed E-state index contributed by atoms with van der Waals surface area (Å²) in [5, 5.41) is 19.6. The van der Waals surface area contributed by atoms with Gasteiger partial charge in [-0.1, -0.05) is 41.6 Å². The van der Waals surface area contributed by atoms with Gasteiger partial charge in [-0.05, 0) is 11.6 Å². The van der Waals surface area contributed by atoms with Crippen LogP contribution in [0.25, 0.3) is 11.2 Å². The molecule has 0 aliphatic rings. The van der Waals surface area contributed by atoms with Crippen molar-refractivity contribution in [2.45, 2.75) is 17.8 Å². The summed E-state index contributed by atoms with van der Waals surface area (Å²) < 4.78 is 2.91. The number of aliphatic hydroxyl groups is 2. The minimum Gasteiger partial charge on any atom is -0.394 e. The highest BCUT2D eigenvalue weighted by Crippen LogP contribution is 2.25. The van der Waals surface area contributed by atoms with Gasteiger partial charge >= 0.3 is 5.69 Å². The number of nitrogens with one attached hydrogen (secondary N) is 1. The zero-order valence-corrected chi connectivity index (χ0v) is 15.4. The molecule has 0 saturated heterocycles. The standard InChI is InChI=1S/C16H17ClN4O4S/c1-20-13-12(14(24)19-15(20)25)21(6-9-4-2-3-5-11(9)17)16(18-13)26-8-10(23)7-22/h2-5,10,22-23H,6-8H2,1H3,(H,19,24,25)/t10-/m1/s1. The Labute approximate surface area is 157 Å². The van der Waals surface area contributed by atoms with Crippen LogP contribution in [-0.4, -0.2) is 47.8 Å². The summed E-state index contributed by atoms with van der Waals surface area (Å²) >= 11 is 7.42. The number of halogens is 1. The van der Waals surface area contributed by atoms with Gasteiger partial charge in [0.05, 0.1) is 19.3 Å². The van der Waals surface area contributed by atoms with E-state index in [1.54, 1.807) is 10.6 Å². The molecule has 1 aromatic carbocycles. The zero-order valence-electron chi connectivity index (χ0n) is 13.8. The molecule has 0 bridgehead atoms. The van der Waals surface area contributed by atoms with Crippen LogP contribution in [0.3, 0.4) is 0 Å². The first-order valence-corrected chi connectivity index (χ1v) is 9.13. The quantitative estimate of drug-likeness (QED) is 0.525. The molecule has 3 rings (SSSR count). The molecule has 0 aliphatic carbocycles. The molecule has 0 spiro atoms. The summed E-state index contributed by atoms with van der Waals surface area (Å²) in [6.07, 6.45) is -0.921. The van der Waals surface area contributed by atoms with Crippen LogP contribution in [0.1, 0.15) is 5.56 Å². The predicted octanol–water partition coefficient (Wildman–Crippen LogP) is 0.570. The summed E-state index contributed by atoms with van der Waals surface area (Å²) in [7, 11) is 1.52. The Morgan fingerprint density at radius 2 is 2.08 bits per heavy atom. The van der Waals surface area contributed by atoms with Gasteiger partial charge in [0.2, 0.25) is 0 Å². The third-order valence-electron chi connectivity index (χ3n) is 3.87. The SMILES string of the molecule is Cn1c(=O)[nH]c(=O)c2c1nc(SC[C@H](O)CO)n2Cc1ccccc1Cl. The van der Waals surface area contributed by atoms with Crippen LogP contribution in [0.2, 0.25) is 5.02 Å². The lowest BCUT2D eigenvalue weighted by Crippen LogP contribution is -2.29. The van der Waals surface area contributed by atoms with Crippen LogP contribution in [0, 0.1) is 0 Å². The number of H-pyrrole nitrogens is 1. The van der Waals surface area contributed by atoms with Crippen molar-refractivity contribution in [2.24, 2.45) is 7.05 Å². The molecule has 10 heteroatoms. The zero-order chi connectivity index (χ0) is 18.8. The lowest BCUT2D eigenvalue weighted by molar-refractivity contribution is 0.113. The van der Waals surface area contributed by atoms with Gasteiger partial charge in [-0.3, -0.25) is 14.3 Å². The van der Waals surface area contributed by atoms with Crippen molar-refractivity contribution in [3.05, 3.63) is 55.7 Å². The van der Waals surface area contributed by atoms with E-state index >= 15 is 0 Å². The number of thioether (sulfide) groups is 1. The first-order valence-electron chi connectivity index (χ1n) is 7.77. The first-order chi connectivity index (χ1) is 12.4. The van der Waals surface area contributed by atoms with Crippen LogP contribution < -0.4 is 11.2 Å². The molecule has 3 N–H and O–H groups in total. The molecule has 138 valence electrons. The van der Waals surface area contributed by atoms with E-state index in [0.717, 1.165) is 5.56 Å². The Balaban J connectivity index is 2.16. The van der Waals surface area contributed by atoms with Crippen molar-refractivity contribution in [1.82, 2.24) is 19.1 Å². The normalized spacial score (nSPS) is 12.6. The number of hydrogen-bond donors (Lipinski definition) is 3. The van der Waals surface area contributed by atoms with E-state index in [0.29, 0.717) is 10.2 Å². The Kier molecular flexibility index (Phi) is 5.52. The molecular weight excluding hydrogens is 380 g/mol. The molecule has 2 heterocycles. The van der Waals surface area contributed by atoms with Crippen molar-refractivity contribution in [3.8, 4) is 0 Å². The monoisotopic (exact) mass is 396 g/mol. The molecule has 3 aromatic rings. The van der Waals surface area contributed by atoms with Gasteiger partial charge in [-0.25, -0.2) is 9.78 Å². The number of rotatable bonds is 6. The average Bonchev–Trinajstić information content (AvgIpc) is 2.98. The molecule has 0 amide bonds. The minimum atomic E-state index is -0.921. The molecule has 0 aliphatic heterocycles. The number of nitrogens with zero attached hydrogens (tertiary/aromatic N) is 3. The topological polar surface area (TPSA) is 113 Å². The van der Waals surface area contributed by atoms with Crippen molar-refractivity contribution >= 4 is 34.5 Å². The number of fused-ring (bicyclic) bond motifs is 1. The van der Waals surface area contributed by atoms with Crippen LogP contribution in [-0.2, 0) is 13.6 Å². The highest BCUT2D eigenvalue weighted by Gasteiger charge is 2.19. The summed E-state index contributed by atoms with van der Waals surface area (Å²) in [4.78, 5) is 30.9. The summed E-state index contributed by atoms with van der Waals surface area (Å²) in [5.74, 6) is 0.189. The van der Waals surface area contributed by atoms with Gasteiger partial charge in [0, 0.05) is 17.8 Å². The predicted molar refractivity (Wildman–Crippen MR) is 100.0 cm³/mol. The van der Waals surface area contributed by atoms with Crippen molar-refractivity contribution < 1.29 is 10.2 Å². The van der Waals surface area contributed by atoms with Crippen molar-refractivity contribution in [3.63, 3.8) is 0 Å². The minimum absolute atomic E-state index is 0.189. The van der Waals surface area contributed by atoms with E-state index in [1.807, 2.05) is 18.2 Å². The van der Waals surface area contributed by atoms with Crippen LogP contribution in [0.5, 0.6) is 0 Å². The maximum absolute atomic E-state index is 12.4. The Morgan fingerprint density at radius 3 is 2.77 bits per heavy atom. The van der Waals surface area contributed by atoms with Crippen LogP contribution in [0.15, 0.2) is 39.0 Å².